The Morgan fingerprint density at radius 2 is 2.07 bits per heavy atom. The molecule has 1 amide bonds. The van der Waals surface area contributed by atoms with Crippen LogP contribution >= 0.6 is 0 Å². The smallest absolute Gasteiger partial charge is 0.252 e. The van der Waals surface area contributed by atoms with Gasteiger partial charge in [0.25, 0.3) is 5.91 Å². The summed E-state index contributed by atoms with van der Waals surface area (Å²) in [7, 11) is 0. The van der Waals surface area contributed by atoms with Crippen LogP contribution in [0.5, 0.6) is 5.75 Å². The van der Waals surface area contributed by atoms with Gasteiger partial charge in [-0.3, -0.25) is 4.79 Å². The zero-order chi connectivity index (χ0) is 20.6. The molecule has 1 saturated heterocycles. The van der Waals surface area contributed by atoms with Gasteiger partial charge >= 0.3 is 0 Å². The highest BCUT2D eigenvalue weighted by Gasteiger charge is 2.40. The third-order valence-corrected chi connectivity index (χ3v) is 5.54. The Hall–Kier alpha value is -2.84. The quantitative estimate of drug-likeness (QED) is 0.652. The summed E-state index contributed by atoms with van der Waals surface area (Å²) >= 11 is 0. The predicted octanol–water partition coefficient (Wildman–Crippen LogP) is 2.76. The van der Waals surface area contributed by atoms with Gasteiger partial charge in [0.05, 0.1) is 17.9 Å². The van der Waals surface area contributed by atoms with Crippen molar-refractivity contribution in [3.63, 3.8) is 0 Å². The molecule has 1 fully saturated rings. The highest BCUT2D eigenvalue weighted by atomic mass is 16.5. The molecule has 1 aliphatic rings. The number of nitrogens with two attached hydrogens (primary N) is 1. The summed E-state index contributed by atoms with van der Waals surface area (Å²) in [5.41, 5.74) is 7.36. The first-order chi connectivity index (χ1) is 13.9. The van der Waals surface area contributed by atoms with Gasteiger partial charge in [-0.2, -0.15) is 0 Å². The third-order valence-electron chi connectivity index (χ3n) is 5.54. The monoisotopic (exact) mass is 400 g/mol. The van der Waals surface area contributed by atoms with Crippen LogP contribution in [0.25, 0.3) is 11.0 Å². The largest absolute Gasteiger partial charge is 0.484 e. The lowest BCUT2D eigenvalue weighted by molar-refractivity contribution is 0.0245. The van der Waals surface area contributed by atoms with E-state index in [1.807, 2.05) is 6.92 Å². The molecule has 0 saturated carbocycles. The van der Waals surface area contributed by atoms with Crippen molar-refractivity contribution in [1.82, 2.24) is 4.98 Å². The van der Waals surface area contributed by atoms with Crippen LogP contribution in [0.2, 0.25) is 0 Å². The van der Waals surface area contributed by atoms with Crippen molar-refractivity contribution in [2.24, 2.45) is 5.73 Å². The maximum Gasteiger partial charge on any atom is 0.252 e. The second kappa shape index (κ2) is 7.53. The van der Waals surface area contributed by atoms with Crippen molar-refractivity contribution in [1.29, 1.82) is 0 Å². The van der Waals surface area contributed by atoms with E-state index in [1.165, 1.54) is 0 Å². The fourth-order valence-corrected chi connectivity index (χ4v) is 4.09. The van der Waals surface area contributed by atoms with Gasteiger partial charge in [-0.25, -0.2) is 4.98 Å². The Morgan fingerprint density at radius 3 is 2.69 bits per heavy atom. The van der Waals surface area contributed by atoms with Gasteiger partial charge in [-0.05, 0) is 38.8 Å². The Bertz CT molecular complexity index is 1050. The number of primary amides is 1. The molecule has 8 heteroatoms. The van der Waals surface area contributed by atoms with Gasteiger partial charge in [0, 0.05) is 29.6 Å². The van der Waals surface area contributed by atoms with Crippen molar-refractivity contribution in [3.05, 3.63) is 46.9 Å². The van der Waals surface area contributed by atoms with Crippen LogP contribution in [0, 0.1) is 13.8 Å². The lowest BCUT2D eigenvalue weighted by Gasteiger charge is -2.37. The maximum absolute atomic E-state index is 12.2. The van der Waals surface area contributed by atoms with Crippen molar-refractivity contribution < 1.29 is 28.2 Å². The fraction of sp³-hybridized carbons (Fsp3) is 0.429. The topological polar surface area (TPSA) is 121 Å². The standard InChI is InChI=1S/C21H24N2O6/c1-12-9-28-16(23-12)10-27-15-4-3-14-18(17(20(22)25)13(2)29-14)19(15)21(11-24)5-7-26-8-6-21/h3-4,9,24H,5-8,10-11H2,1-2H3,(H2,22,25). The highest BCUT2D eigenvalue weighted by Crippen LogP contribution is 2.46. The first-order valence-electron chi connectivity index (χ1n) is 9.54. The molecule has 0 radical (unpaired) electrons. The van der Waals surface area contributed by atoms with Crippen LogP contribution in [0.3, 0.4) is 0 Å². The lowest BCUT2D eigenvalue weighted by atomic mass is 9.72. The minimum Gasteiger partial charge on any atom is -0.484 e. The molecule has 1 aromatic carbocycles. The molecule has 1 aliphatic heterocycles. The number of aliphatic hydroxyl groups excluding tert-OH is 1. The number of rotatable bonds is 6. The number of carbonyl (C=O) groups excluding carboxylic acids is 1. The van der Waals surface area contributed by atoms with Crippen molar-refractivity contribution in [2.75, 3.05) is 19.8 Å². The molecule has 0 unspecified atom stereocenters. The number of fused-ring (bicyclic) bond motifs is 1. The summed E-state index contributed by atoms with van der Waals surface area (Å²) in [5.74, 6) is 0.835. The number of benzene rings is 1. The highest BCUT2D eigenvalue weighted by molar-refractivity contribution is 6.08. The Balaban J connectivity index is 1.90. The number of hydrogen-bond acceptors (Lipinski definition) is 7. The molecule has 0 atom stereocenters. The van der Waals surface area contributed by atoms with Gasteiger partial charge in [-0.1, -0.05) is 0 Å². The zero-order valence-electron chi connectivity index (χ0n) is 16.5. The molecule has 4 rings (SSSR count). The molecule has 8 nitrogen and oxygen atoms in total. The molecule has 3 N–H and O–H groups in total. The molecular weight excluding hydrogens is 376 g/mol. The summed E-state index contributed by atoms with van der Waals surface area (Å²) in [5, 5.41) is 11.0. The first-order valence-corrected chi connectivity index (χ1v) is 9.54. The van der Waals surface area contributed by atoms with Crippen LogP contribution in [0.4, 0.5) is 0 Å². The summed E-state index contributed by atoms with van der Waals surface area (Å²) in [6, 6.07) is 3.53. The Kier molecular flexibility index (Phi) is 5.06. The molecule has 3 heterocycles. The second-order valence-electron chi connectivity index (χ2n) is 7.43. The number of amides is 1. The Labute approximate surface area is 167 Å². The van der Waals surface area contributed by atoms with Gasteiger partial charge in [0.2, 0.25) is 5.89 Å². The van der Waals surface area contributed by atoms with E-state index < -0.39 is 11.3 Å². The van der Waals surface area contributed by atoms with Gasteiger partial charge in [0.1, 0.15) is 23.4 Å². The number of hydrogen-bond donors (Lipinski definition) is 2. The maximum atomic E-state index is 12.2. The number of nitrogens with zero attached hydrogens (tertiary/aromatic N) is 1. The van der Waals surface area contributed by atoms with Crippen LogP contribution in [0.15, 0.2) is 27.2 Å². The van der Waals surface area contributed by atoms with E-state index in [-0.39, 0.29) is 13.2 Å². The molecule has 29 heavy (non-hydrogen) atoms. The van der Waals surface area contributed by atoms with Gasteiger partial charge in [0.15, 0.2) is 6.61 Å². The van der Waals surface area contributed by atoms with Crippen molar-refractivity contribution in [3.8, 4) is 5.75 Å². The second-order valence-corrected chi connectivity index (χ2v) is 7.43. The summed E-state index contributed by atoms with van der Waals surface area (Å²) in [6.45, 7) is 4.53. The van der Waals surface area contributed by atoms with E-state index in [1.54, 1.807) is 25.3 Å². The average molecular weight is 400 g/mol. The van der Waals surface area contributed by atoms with E-state index in [4.69, 9.17) is 24.0 Å². The van der Waals surface area contributed by atoms with E-state index in [2.05, 4.69) is 4.98 Å². The molecule has 2 aromatic heterocycles. The molecule has 3 aromatic rings. The van der Waals surface area contributed by atoms with Gasteiger partial charge < -0.3 is 29.1 Å². The first kappa shape index (κ1) is 19.5. The number of furan rings is 1. The van der Waals surface area contributed by atoms with Crippen LogP contribution in [-0.4, -0.2) is 35.8 Å². The van der Waals surface area contributed by atoms with Crippen LogP contribution in [-0.2, 0) is 16.8 Å². The molecule has 0 aliphatic carbocycles. The molecule has 0 spiro atoms. The lowest BCUT2D eigenvalue weighted by Crippen LogP contribution is -2.38. The normalized spacial score (nSPS) is 16.2. The number of aromatic nitrogens is 1. The summed E-state index contributed by atoms with van der Waals surface area (Å²) < 4.78 is 22.8. The minimum absolute atomic E-state index is 0.118. The minimum atomic E-state index is -0.639. The molecule has 0 bridgehead atoms. The molecule has 154 valence electrons. The fourth-order valence-electron chi connectivity index (χ4n) is 4.09. The van der Waals surface area contributed by atoms with Crippen molar-refractivity contribution >= 4 is 16.9 Å². The average Bonchev–Trinajstić information content (AvgIpc) is 3.28. The van der Waals surface area contributed by atoms with E-state index in [0.717, 1.165) is 11.3 Å². The number of oxazole rings is 1. The van der Waals surface area contributed by atoms with Crippen LogP contribution < -0.4 is 10.5 Å². The van der Waals surface area contributed by atoms with Gasteiger partial charge in [-0.15, -0.1) is 0 Å². The predicted molar refractivity (Wildman–Crippen MR) is 104 cm³/mol. The van der Waals surface area contributed by atoms with Crippen molar-refractivity contribution in [2.45, 2.75) is 38.7 Å². The van der Waals surface area contributed by atoms with E-state index in [9.17, 15) is 9.90 Å². The number of ether oxygens (including phenoxy) is 2. The number of carbonyl (C=O) groups is 1. The van der Waals surface area contributed by atoms with Crippen LogP contribution in [0.1, 0.15) is 46.1 Å². The Morgan fingerprint density at radius 1 is 1.31 bits per heavy atom. The van der Waals surface area contributed by atoms with E-state index >= 15 is 0 Å². The summed E-state index contributed by atoms with van der Waals surface area (Å²) in [6.07, 6.45) is 2.72. The van der Waals surface area contributed by atoms with E-state index in [0.29, 0.717) is 60.0 Å². The number of aryl methyl sites for hydroxylation is 2. The number of aliphatic hydroxyl groups is 1. The molecular formula is C21H24N2O6. The summed E-state index contributed by atoms with van der Waals surface area (Å²) in [4.78, 5) is 16.5. The SMILES string of the molecule is Cc1coc(COc2ccc3oc(C)c(C(N)=O)c3c2C2(CO)CCOCC2)n1. The zero-order valence-corrected chi connectivity index (χ0v) is 16.5. The third kappa shape index (κ3) is 3.38.